The Kier molecular flexibility index (Phi) is 11.2. The molecule has 0 rings (SSSR count). The Morgan fingerprint density at radius 2 is 2.00 bits per heavy atom. The third-order valence-corrected chi connectivity index (χ3v) is 0.742. The largest absolute Gasteiger partial charge is 0.316 e. The lowest BCUT2D eigenvalue weighted by atomic mass is 10.6. The van der Waals surface area contributed by atoms with E-state index >= 15 is 0 Å². The van der Waals surface area contributed by atoms with E-state index in [-0.39, 0.29) is 23.1 Å². The van der Waals surface area contributed by atoms with E-state index < -0.39 is 0 Å². The van der Waals surface area contributed by atoms with Crippen LogP contribution in [0.1, 0.15) is 0 Å². The molecule has 0 aliphatic carbocycles. The molecule has 8 heavy (non-hydrogen) atoms. The maximum atomic E-state index is 2.99. The smallest absolute Gasteiger partial charge is 0.298 e. The van der Waals surface area contributed by atoms with E-state index in [0.29, 0.717) is 0 Å². The molecule has 0 spiro atoms. The van der Waals surface area contributed by atoms with Crippen molar-refractivity contribution in [3.8, 4) is 10.8 Å². The Labute approximate surface area is 75.1 Å². The SMILES string of the molecule is CN(C)CC#CBr.[MgH2]. The zero-order chi connectivity index (χ0) is 5.70. The topological polar surface area (TPSA) is 3.24 Å². The molecule has 0 aromatic heterocycles. The van der Waals surface area contributed by atoms with Gasteiger partial charge in [-0.2, -0.15) is 0 Å². The molecule has 0 aliphatic rings. The third-order valence-electron chi connectivity index (χ3n) is 0.462. The number of nitrogens with zero attached hydrogens (tertiary/aromatic N) is 1. The second-order valence-electron chi connectivity index (χ2n) is 1.51. The van der Waals surface area contributed by atoms with Crippen LogP contribution >= 0.6 is 15.9 Å². The highest BCUT2D eigenvalue weighted by Crippen LogP contribution is 1.72. The second-order valence-corrected chi connectivity index (χ2v) is 1.91. The predicted octanol–water partition coefficient (Wildman–Crippen LogP) is -0.0124. The van der Waals surface area contributed by atoms with E-state index in [2.05, 4.69) is 26.7 Å². The van der Waals surface area contributed by atoms with Gasteiger partial charge in [0.2, 0.25) is 0 Å². The van der Waals surface area contributed by atoms with Crippen molar-refractivity contribution in [2.45, 2.75) is 0 Å². The minimum absolute atomic E-state index is 0. The average molecular weight is 188 g/mol. The van der Waals surface area contributed by atoms with Gasteiger partial charge in [-0.25, -0.2) is 0 Å². The molecule has 0 saturated carbocycles. The average Bonchev–Trinajstić information content (AvgIpc) is 1.61. The van der Waals surface area contributed by atoms with Gasteiger partial charge in [-0.3, -0.25) is 4.90 Å². The molecule has 0 saturated heterocycles. The molecule has 0 bridgehead atoms. The molecule has 44 valence electrons. The van der Waals surface area contributed by atoms with Crippen LogP contribution in [0.5, 0.6) is 0 Å². The van der Waals surface area contributed by atoms with Crippen LogP contribution in [-0.2, 0) is 0 Å². The molecule has 0 aliphatic heterocycles. The van der Waals surface area contributed by atoms with Crippen LogP contribution in [-0.4, -0.2) is 48.6 Å². The number of hydrogen-bond donors (Lipinski definition) is 0. The lowest BCUT2D eigenvalue weighted by molar-refractivity contribution is 0.464. The summed E-state index contributed by atoms with van der Waals surface area (Å²) in [4.78, 5) is 4.63. The van der Waals surface area contributed by atoms with Gasteiger partial charge < -0.3 is 0 Å². The van der Waals surface area contributed by atoms with Crippen molar-refractivity contribution in [2.75, 3.05) is 20.6 Å². The summed E-state index contributed by atoms with van der Waals surface area (Å²) in [6.07, 6.45) is 0. The highest BCUT2D eigenvalue weighted by Gasteiger charge is 1.77. The minimum atomic E-state index is 0. The second kappa shape index (κ2) is 7.77. The minimum Gasteiger partial charge on any atom is -0.298 e. The van der Waals surface area contributed by atoms with Gasteiger partial charge in [0.15, 0.2) is 0 Å². The van der Waals surface area contributed by atoms with E-state index in [4.69, 9.17) is 0 Å². The Morgan fingerprint density at radius 1 is 1.50 bits per heavy atom. The van der Waals surface area contributed by atoms with Gasteiger partial charge in [0.1, 0.15) is 0 Å². The molecule has 0 unspecified atom stereocenters. The van der Waals surface area contributed by atoms with Crippen LogP contribution < -0.4 is 0 Å². The number of rotatable bonds is 1. The van der Waals surface area contributed by atoms with Crippen molar-refractivity contribution < 1.29 is 0 Å². The van der Waals surface area contributed by atoms with Gasteiger partial charge >= 0.3 is 23.1 Å². The molecular formula is C5H10BrMgN. The van der Waals surface area contributed by atoms with Gasteiger partial charge in [-0.05, 0) is 18.9 Å². The number of halogens is 1. The van der Waals surface area contributed by atoms with E-state index in [0.717, 1.165) is 6.54 Å². The van der Waals surface area contributed by atoms with Crippen LogP contribution in [0.2, 0.25) is 0 Å². The van der Waals surface area contributed by atoms with Crippen LogP contribution in [0.15, 0.2) is 0 Å². The molecule has 3 heteroatoms. The summed E-state index contributed by atoms with van der Waals surface area (Å²) in [5.41, 5.74) is 0. The fraction of sp³-hybridized carbons (Fsp3) is 0.600. The standard InChI is InChI=1S/C5H8BrN.Mg.2H/c1-7(2)5-3-4-6;;;/h5H2,1-2H3;;;. The van der Waals surface area contributed by atoms with Gasteiger partial charge in [0, 0.05) is 15.9 Å². The zero-order valence-corrected chi connectivity index (χ0v) is 6.12. The first-order valence-corrected chi connectivity index (χ1v) is 2.80. The summed E-state index contributed by atoms with van der Waals surface area (Å²) in [6, 6.07) is 0. The lowest BCUT2D eigenvalue weighted by Gasteiger charge is -1.99. The third kappa shape index (κ3) is 9.90. The number of hydrogen-bond acceptors (Lipinski definition) is 1. The Bertz CT molecular complexity index is 92.3. The van der Waals surface area contributed by atoms with Crippen LogP contribution in [0.4, 0.5) is 0 Å². The van der Waals surface area contributed by atoms with Gasteiger partial charge in [0.25, 0.3) is 0 Å². The van der Waals surface area contributed by atoms with Crippen LogP contribution in [0.3, 0.4) is 0 Å². The molecule has 0 atom stereocenters. The van der Waals surface area contributed by atoms with Gasteiger partial charge in [-0.15, -0.1) is 0 Å². The molecule has 1 nitrogen and oxygen atoms in total. The first kappa shape index (κ1) is 11.5. The van der Waals surface area contributed by atoms with Gasteiger partial charge in [0.05, 0.1) is 6.54 Å². The fourth-order valence-electron chi connectivity index (χ4n) is 0.188. The van der Waals surface area contributed by atoms with Gasteiger partial charge in [-0.1, -0.05) is 5.92 Å². The van der Waals surface area contributed by atoms with Crippen molar-refractivity contribution in [2.24, 2.45) is 0 Å². The van der Waals surface area contributed by atoms with Crippen LogP contribution in [0.25, 0.3) is 0 Å². The first-order chi connectivity index (χ1) is 3.27. The summed E-state index contributed by atoms with van der Waals surface area (Å²) in [6.45, 7) is 0.825. The fourth-order valence-corrected chi connectivity index (χ4v) is 0.313. The molecule has 0 fully saturated rings. The van der Waals surface area contributed by atoms with E-state index in [1.807, 2.05) is 19.0 Å². The summed E-state index contributed by atoms with van der Waals surface area (Å²) in [5, 5.41) is 0. The van der Waals surface area contributed by atoms with Crippen molar-refractivity contribution in [1.82, 2.24) is 4.90 Å². The quantitative estimate of drug-likeness (QED) is 0.413. The molecule has 0 heterocycles. The predicted molar refractivity (Wildman–Crippen MR) is 43.8 cm³/mol. The molecule has 0 aromatic carbocycles. The lowest BCUT2D eigenvalue weighted by Crippen LogP contribution is -2.10. The molecular weight excluding hydrogens is 178 g/mol. The van der Waals surface area contributed by atoms with Crippen molar-refractivity contribution in [3.63, 3.8) is 0 Å². The highest BCUT2D eigenvalue weighted by molar-refractivity contribution is 9.12. The summed E-state index contributed by atoms with van der Waals surface area (Å²) in [5.74, 6) is 2.84. The van der Waals surface area contributed by atoms with Crippen molar-refractivity contribution in [1.29, 1.82) is 0 Å². The first-order valence-electron chi connectivity index (χ1n) is 2.00. The summed E-state index contributed by atoms with van der Waals surface area (Å²) in [7, 11) is 3.97. The summed E-state index contributed by atoms with van der Waals surface area (Å²) < 4.78 is 0. The van der Waals surface area contributed by atoms with Crippen LogP contribution in [0, 0.1) is 10.8 Å². The summed E-state index contributed by atoms with van der Waals surface area (Å²) >= 11 is 2.99. The Balaban J connectivity index is 0. The maximum absolute atomic E-state index is 2.99. The van der Waals surface area contributed by atoms with E-state index in [9.17, 15) is 0 Å². The monoisotopic (exact) mass is 187 g/mol. The molecule has 0 N–H and O–H groups in total. The normalized spacial score (nSPS) is 7.00. The molecule has 0 amide bonds. The van der Waals surface area contributed by atoms with E-state index in [1.54, 1.807) is 0 Å². The molecule has 0 aromatic rings. The van der Waals surface area contributed by atoms with E-state index in [1.165, 1.54) is 0 Å². The molecule has 0 radical (unpaired) electrons. The Morgan fingerprint density at radius 3 is 2.12 bits per heavy atom. The Hall–Kier alpha value is 0.766. The maximum Gasteiger partial charge on any atom is 0.316 e. The zero-order valence-electron chi connectivity index (χ0n) is 4.53. The van der Waals surface area contributed by atoms with Crippen molar-refractivity contribution >= 4 is 39.0 Å². The highest BCUT2D eigenvalue weighted by atomic mass is 79.9. The van der Waals surface area contributed by atoms with Crippen molar-refractivity contribution in [3.05, 3.63) is 0 Å².